The smallest absolute Gasteiger partial charge is 0.191 e. The second-order valence-electron chi connectivity index (χ2n) is 7.46. The van der Waals surface area contributed by atoms with Crippen molar-refractivity contribution in [2.45, 2.75) is 44.7 Å². The molecule has 144 valence electrons. The van der Waals surface area contributed by atoms with Crippen LogP contribution in [0, 0.1) is 5.92 Å². The molecule has 3 N–H and O–H groups in total. The molecule has 0 radical (unpaired) electrons. The minimum atomic E-state index is 0.261. The third-order valence-corrected chi connectivity index (χ3v) is 5.56. The van der Waals surface area contributed by atoms with E-state index in [1.807, 2.05) is 6.07 Å². The van der Waals surface area contributed by atoms with Gasteiger partial charge >= 0.3 is 0 Å². The van der Waals surface area contributed by atoms with Crippen LogP contribution in [0.5, 0.6) is 11.5 Å². The maximum Gasteiger partial charge on any atom is 0.191 e. The third kappa shape index (κ3) is 5.04. The van der Waals surface area contributed by atoms with Gasteiger partial charge in [0, 0.05) is 44.8 Å². The quantitative estimate of drug-likeness (QED) is 0.537. The summed E-state index contributed by atoms with van der Waals surface area (Å²) < 4.78 is 5.23. The Morgan fingerprint density at radius 3 is 2.85 bits per heavy atom. The molecule has 3 rings (SSSR count). The molecule has 1 saturated carbocycles. The van der Waals surface area contributed by atoms with Crippen molar-refractivity contribution in [3.63, 3.8) is 0 Å². The average Bonchev–Trinajstić information content (AvgIpc) is 3.32. The summed E-state index contributed by atoms with van der Waals surface area (Å²) in [5.74, 6) is 2.68. The van der Waals surface area contributed by atoms with Crippen LogP contribution in [-0.4, -0.2) is 55.8 Å². The zero-order valence-electron chi connectivity index (χ0n) is 16.0. The van der Waals surface area contributed by atoms with Gasteiger partial charge in [-0.15, -0.1) is 0 Å². The molecule has 1 unspecified atom stereocenters. The molecule has 6 heteroatoms. The summed E-state index contributed by atoms with van der Waals surface area (Å²) in [5.41, 5.74) is 0.793. The second-order valence-corrected chi connectivity index (χ2v) is 7.46. The number of rotatable bonds is 6. The van der Waals surface area contributed by atoms with Crippen LogP contribution in [0.3, 0.4) is 0 Å². The predicted molar refractivity (Wildman–Crippen MR) is 105 cm³/mol. The van der Waals surface area contributed by atoms with Crippen LogP contribution < -0.4 is 15.4 Å². The molecule has 1 atom stereocenters. The highest BCUT2D eigenvalue weighted by molar-refractivity contribution is 5.80. The first kappa shape index (κ1) is 18.8. The lowest BCUT2D eigenvalue weighted by Crippen LogP contribution is -2.44. The van der Waals surface area contributed by atoms with Gasteiger partial charge in [0.05, 0.1) is 7.11 Å². The number of guanidine groups is 1. The fourth-order valence-electron chi connectivity index (χ4n) is 4.07. The number of aromatic hydroxyl groups is 1. The SMILES string of the molecule is CN=C(NCc1cc(OC)ccc1O)NC1CCN(CC2CCCC2)C1. The van der Waals surface area contributed by atoms with E-state index in [0.29, 0.717) is 12.6 Å². The molecule has 1 aromatic rings. The number of methoxy groups -OCH3 is 1. The Balaban J connectivity index is 1.46. The summed E-state index contributed by atoms with van der Waals surface area (Å²) in [6.45, 7) is 4.01. The standard InChI is InChI=1S/C20H32N4O2/c1-21-20(22-12-16-11-18(26-2)7-8-19(16)25)23-17-9-10-24(14-17)13-15-5-3-4-6-15/h7-8,11,15,17,25H,3-6,9-10,12-14H2,1-2H3,(H2,21,22,23). The molecular weight excluding hydrogens is 328 g/mol. The van der Waals surface area contributed by atoms with Gasteiger partial charge in [-0.3, -0.25) is 4.99 Å². The number of hydrogen-bond acceptors (Lipinski definition) is 4. The fraction of sp³-hybridized carbons (Fsp3) is 0.650. The number of aliphatic imine (C=N–C) groups is 1. The number of phenolic OH excluding ortho intramolecular Hbond substituents is 1. The lowest BCUT2D eigenvalue weighted by atomic mass is 10.1. The van der Waals surface area contributed by atoms with Gasteiger partial charge in [-0.2, -0.15) is 0 Å². The molecule has 6 nitrogen and oxygen atoms in total. The molecule has 26 heavy (non-hydrogen) atoms. The van der Waals surface area contributed by atoms with Crippen LogP contribution >= 0.6 is 0 Å². The molecule has 1 saturated heterocycles. The summed E-state index contributed by atoms with van der Waals surface area (Å²) in [7, 11) is 3.41. The van der Waals surface area contributed by atoms with E-state index in [0.717, 1.165) is 36.2 Å². The number of nitrogens with one attached hydrogen (secondary N) is 2. The van der Waals surface area contributed by atoms with Gasteiger partial charge < -0.3 is 25.4 Å². The topological polar surface area (TPSA) is 69.1 Å². The van der Waals surface area contributed by atoms with Crippen LogP contribution in [0.2, 0.25) is 0 Å². The van der Waals surface area contributed by atoms with E-state index in [1.165, 1.54) is 38.8 Å². The Hall–Kier alpha value is -1.95. The summed E-state index contributed by atoms with van der Waals surface area (Å²) >= 11 is 0. The number of hydrogen-bond donors (Lipinski definition) is 3. The Bertz CT molecular complexity index is 614. The van der Waals surface area contributed by atoms with Gasteiger partial charge in [0.15, 0.2) is 5.96 Å². The van der Waals surface area contributed by atoms with Crippen molar-refractivity contribution in [2.24, 2.45) is 10.9 Å². The zero-order chi connectivity index (χ0) is 18.4. The van der Waals surface area contributed by atoms with E-state index in [2.05, 4.69) is 20.5 Å². The highest BCUT2D eigenvalue weighted by Gasteiger charge is 2.26. The summed E-state index contributed by atoms with van der Waals surface area (Å²) in [6.07, 6.45) is 6.78. The number of nitrogens with zero attached hydrogens (tertiary/aromatic N) is 2. The summed E-state index contributed by atoms with van der Waals surface area (Å²) in [5, 5.41) is 16.8. The second kappa shape index (κ2) is 9.12. The van der Waals surface area contributed by atoms with Crippen LogP contribution in [0.1, 0.15) is 37.7 Å². The normalized spacial score (nSPS) is 21.9. The van der Waals surface area contributed by atoms with Gasteiger partial charge in [-0.05, 0) is 43.4 Å². The van der Waals surface area contributed by atoms with Crippen molar-refractivity contribution >= 4 is 5.96 Å². The van der Waals surface area contributed by atoms with Gasteiger partial charge in [0.2, 0.25) is 0 Å². The van der Waals surface area contributed by atoms with Crippen LogP contribution in [-0.2, 0) is 6.54 Å². The van der Waals surface area contributed by atoms with Crippen molar-refractivity contribution in [3.8, 4) is 11.5 Å². The molecule has 2 aliphatic rings. The van der Waals surface area contributed by atoms with E-state index in [4.69, 9.17) is 4.74 Å². The maximum absolute atomic E-state index is 10.0. The number of ether oxygens (including phenoxy) is 1. The average molecular weight is 361 g/mol. The van der Waals surface area contributed by atoms with Gasteiger partial charge in [-0.25, -0.2) is 0 Å². The molecule has 0 aromatic heterocycles. The fourth-order valence-corrected chi connectivity index (χ4v) is 4.07. The molecule has 1 aliphatic heterocycles. The number of phenols is 1. The highest BCUT2D eigenvalue weighted by atomic mass is 16.5. The molecule has 0 bridgehead atoms. The van der Waals surface area contributed by atoms with Crippen LogP contribution in [0.25, 0.3) is 0 Å². The van der Waals surface area contributed by atoms with Crippen LogP contribution in [0.4, 0.5) is 0 Å². The third-order valence-electron chi connectivity index (χ3n) is 5.56. The molecule has 0 spiro atoms. The lowest BCUT2D eigenvalue weighted by molar-refractivity contribution is 0.275. The first-order valence-corrected chi connectivity index (χ1v) is 9.73. The van der Waals surface area contributed by atoms with E-state index >= 15 is 0 Å². The van der Waals surface area contributed by atoms with Crippen molar-refractivity contribution in [3.05, 3.63) is 23.8 Å². The minimum absolute atomic E-state index is 0.261. The van der Waals surface area contributed by atoms with Crippen molar-refractivity contribution in [1.29, 1.82) is 0 Å². The molecule has 2 fully saturated rings. The number of likely N-dealkylation sites (tertiary alicyclic amines) is 1. The highest BCUT2D eigenvalue weighted by Crippen LogP contribution is 2.26. The monoisotopic (exact) mass is 360 g/mol. The first-order valence-electron chi connectivity index (χ1n) is 9.73. The number of benzene rings is 1. The molecular formula is C20H32N4O2. The summed E-state index contributed by atoms with van der Waals surface area (Å²) in [6, 6.07) is 5.68. The first-order chi connectivity index (χ1) is 12.7. The molecule has 1 aromatic carbocycles. The van der Waals surface area contributed by atoms with Crippen molar-refractivity contribution in [2.75, 3.05) is 33.8 Å². The minimum Gasteiger partial charge on any atom is -0.508 e. The van der Waals surface area contributed by atoms with E-state index < -0.39 is 0 Å². The van der Waals surface area contributed by atoms with Gasteiger partial charge in [-0.1, -0.05) is 12.8 Å². The molecule has 1 heterocycles. The lowest BCUT2D eigenvalue weighted by Gasteiger charge is -2.21. The van der Waals surface area contributed by atoms with Crippen molar-refractivity contribution < 1.29 is 9.84 Å². The zero-order valence-corrected chi connectivity index (χ0v) is 16.0. The molecule has 1 aliphatic carbocycles. The Morgan fingerprint density at radius 2 is 2.12 bits per heavy atom. The Morgan fingerprint density at radius 1 is 1.31 bits per heavy atom. The summed E-state index contributed by atoms with van der Waals surface area (Å²) in [4.78, 5) is 6.92. The largest absolute Gasteiger partial charge is 0.508 e. The van der Waals surface area contributed by atoms with E-state index in [9.17, 15) is 5.11 Å². The van der Waals surface area contributed by atoms with E-state index in [-0.39, 0.29) is 5.75 Å². The van der Waals surface area contributed by atoms with Gasteiger partial charge in [0.1, 0.15) is 11.5 Å². The van der Waals surface area contributed by atoms with Gasteiger partial charge in [0.25, 0.3) is 0 Å². The Labute approximate surface area is 156 Å². The van der Waals surface area contributed by atoms with Crippen LogP contribution in [0.15, 0.2) is 23.2 Å². The Kier molecular flexibility index (Phi) is 6.61. The molecule has 0 amide bonds. The van der Waals surface area contributed by atoms with E-state index in [1.54, 1.807) is 26.3 Å². The maximum atomic E-state index is 10.0. The van der Waals surface area contributed by atoms with Crippen molar-refractivity contribution in [1.82, 2.24) is 15.5 Å². The predicted octanol–water partition coefficient (Wildman–Crippen LogP) is 2.33.